The van der Waals surface area contributed by atoms with Crippen LogP contribution in [-0.2, 0) is 11.3 Å². The van der Waals surface area contributed by atoms with Crippen LogP contribution in [0.2, 0.25) is 0 Å². The van der Waals surface area contributed by atoms with E-state index in [1.54, 1.807) is 35.7 Å². The molecule has 1 amide bonds. The highest BCUT2D eigenvalue weighted by atomic mass is 16.2. The molecule has 28 heavy (non-hydrogen) atoms. The van der Waals surface area contributed by atoms with Gasteiger partial charge in [-0.2, -0.15) is 0 Å². The lowest BCUT2D eigenvalue weighted by Gasteiger charge is -2.33. The van der Waals surface area contributed by atoms with Gasteiger partial charge in [-0.1, -0.05) is 12.5 Å². The Kier molecular flexibility index (Phi) is 5.67. The number of carbonyl (C=O) groups is 1. The number of imidazole rings is 1. The minimum absolute atomic E-state index is 0.0668. The van der Waals surface area contributed by atoms with Crippen LogP contribution in [0.4, 0.5) is 0 Å². The normalized spacial score (nSPS) is 15.9. The molecular weight excluding hydrogens is 354 g/mol. The molecule has 0 aliphatic carbocycles. The van der Waals surface area contributed by atoms with Crippen molar-refractivity contribution in [3.05, 3.63) is 66.8 Å². The summed E-state index contributed by atoms with van der Waals surface area (Å²) in [5, 5.41) is 3.03. The molecule has 144 valence electrons. The van der Waals surface area contributed by atoms with Crippen LogP contribution in [-0.4, -0.2) is 48.4 Å². The number of hydrogen-bond acceptors (Lipinski definition) is 6. The minimum atomic E-state index is -0.450. The zero-order valence-electron chi connectivity index (χ0n) is 15.6. The van der Waals surface area contributed by atoms with Gasteiger partial charge in [0.05, 0.1) is 17.9 Å². The van der Waals surface area contributed by atoms with Crippen LogP contribution in [0.3, 0.4) is 0 Å². The van der Waals surface area contributed by atoms with Crippen molar-refractivity contribution >= 4 is 5.91 Å². The van der Waals surface area contributed by atoms with Crippen molar-refractivity contribution in [1.29, 1.82) is 0 Å². The van der Waals surface area contributed by atoms with Gasteiger partial charge in [-0.3, -0.25) is 19.2 Å². The highest BCUT2D eigenvalue weighted by Gasteiger charge is 2.30. The number of nitrogens with zero attached hydrogens (tertiary/aromatic N) is 6. The summed E-state index contributed by atoms with van der Waals surface area (Å²) in [7, 11) is 0. The molecule has 1 N–H and O–H groups in total. The fraction of sp³-hybridized carbons (Fsp3) is 0.350. The van der Waals surface area contributed by atoms with E-state index in [1.807, 2.05) is 24.3 Å². The van der Waals surface area contributed by atoms with E-state index >= 15 is 0 Å². The van der Waals surface area contributed by atoms with Gasteiger partial charge in [0.2, 0.25) is 11.9 Å². The van der Waals surface area contributed by atoms with Crippen LogP contribution in [0, 0.1) is 0 Å². The Morgan fingerprint density at radius 2 is 1.96 bits per heavy atom. The molecule has 0 aromatic carbocycles. The van der Waals surface area contributed by atoms with Gasteiger partial charge in [-0.15, -0.1) is 0 Å². The zero-order valence-corrected chi connectivity index (χ0v) is 15.6. The Bertz CT molecular complexity index is 892. The number of aromatic nitrogens is 5. The molecule has 1 atom stereocenters. The Balaban J connectivity index is 1.58. The predicted octanol–water partition coefficient (Wildman–Crippen LogP) is 1.90. The van der Waals surface area contributed by atoms with E-state index in [0.29, 0.717) is 18.2 Å². The van der Waals surface area contributed by atoms with Gasteiger partial charge < -0.3 is 5.32 Å². The number of pyridine rings is 1. The summed E-state index contributed by atoms with van der Waals surface area (Å²) in [6, 6.07) is 7.05. The third-order valence-corrected chi connectivity index (χ3v) is 4.85. The molecule has 1 fully saturated rings. The first kappa shape index (κ1) is 18.2. The maximum Gasteiger partial charge on any atom is 0.243 e. The third kappa shape index (κ3) is 4.23. The summed E-state index contributed by atoms with van der Waals surface area (Å²) in [4.78, 5) is 32.7. The second-order valence-corrected chi connectivity index (χ2v) is 6.79. The first-order valence-corrected chi connectivity index (χ1v) is 9.54. The summed E-state index contributed by atoms with van der Waals surface area (Å²) in [5.74, 6) is 0.442. The number of piperidine rings is 1. The summed E-state index contributed by atoms with van der Waals surface area (Å²) < 4.78 is 1.74. The molecule has 4 heterocycles. The lowest BCUT2D eigenvalue weighted by Crippen LogP contribution is -2.43. The molecule has 1 aliphatic heterocycles. The van der Waals surface area contributed by atoms with Crippen molar-refractivity contribution in [2.75, 3.05) is 13.1 Å². The number of hydrogen-bond donors (Lipinski definition) is 1. The average Bonchev–Trinajstić information content (AvgIpc) is 3.29. The summed E-state index contributed by atoms with van der Waals surface area (Å²) in [6.07, 6.45) is 11.9. The first-order chi connectivity index (χ1) is 13.8. The van der Waals surface area contributed by atoms with Gasteiger partial charge in [0.15, 0.2) is 0 Å². The molecule has 0 saturated carbocycles. The fourth-order valence-electron chi connectivity index (χ4n) is 3.46. The lowest BCUT2D eigenvalue weighted by atomic mass is 10.1. The smallest absolute Gasteiger partial charge is 0.243 e. The third-order valence-electron chi connectivity index (χ3n) is 4.85. The van der Waals surface area contributed by atoms with Gasteiger partial charge in [0, 0.05) is 24.8 Å². The molecule has 1 saturated heterocycles. The quantitative estimate of drug-likeness (QED) is 0.706. The number of rotatable bonds is 6. The predicted molar refractivity (Wildman–Crippen MR) is 103 cm³/mol. The fourth-order valence-corrected chi connectivity index (χ4v) is 3.46. The molecule has 0 radical (unpaired) electrons. The molecule has 3 aromatic heterocycles. The Morgan fingerprint density at radius 1 is 1.07 bits per heavy atom. The van der Waals surface area contributed by atoms with Crippen LogP contribution in [0.25, 0.3) is 5.95 Å². The van der Waals surface area contributed by atoms with Crippen LogP contribution in [0.5, 0.6) is 0 Å². The van der Waals surface area contributed by atoms with Gasteiger partial charge in [-0.05, 0) is 44.1 Å². The SMILES string of the molecule is O=C(NCc1ccccn1)C(c1ccnc(-n2ccnc2)n1)N1CCCCC1. The van der Waals surface area contributed by atoms with E-state index in [2.05, 4.69) is 30.2 Å². The highest BCUT2D eigenvalue weighted by Crippen LogP contribution is 2.24. The second-order valence-electron chi connectivity index (χ2n) is 6.79. The van der Waals surface area contributed by atoms with Gasteiger partial charge >= 0.3 is 0 Å². The van der Waals surface area contributed by atoms with Gasteiger partial charge in [0.25, 0.3) is 0 Å². The number of likely N-dealkylation sites (tertiary alicyclic amines) is 1. The van der Waals surface area contributed by atoms with Crippen molar-refractivity contribution in [1.82, 2.24) is 34.7 Å². The minimum Gasteiger partial charge on any atom is -0.349 e. The van der Waals surface area contributed by atoms with Crippen molar-refractivity contribution < 1.29 is 4.79 Å². The number of amides is 1. The second kappa shape index (κ2) is 8.71. The molecule has 8 heteroatoms. The largest absolute Gasteiger partial charge is 0.349 e. The molecule has 1 aliphatic rings. The van der Waals surface area contributed by atoms with E-state index in [9.17, 15) is 4.79 Å². The maximum absolute atomic E-state index is 13.2. The van der Waals surface area contributed by atoms with Crippen molar-refractivity contribution in [2.24, 2.45) is 0 Å². The van der Waals surface area contributed by atoms with Crippen LogP contribution < -0.4 is 5.32 Å². The molecule has 0 bridgehead atoms. The van der Waals surface area contributed by atoms with E-state index < -0.39 is 6.04 Å². The number of carbonyl (C=O) groups excluding carboxylic acids is 1. The Hall–Kier alpha value is -3.13. The average molecular weight is 377 g/mol. The number of nitrogens with one attached hydrogen (secondary N) is 1. The van der Waals surface area contributed by atoms with E-state index in [-0.39, 0.29) is 5.91 Å². The zero-order chi connectivity index (χ0) is 19.2. The Labute approximate surface area is 163 Å². The van der Waals surface area contributed by atoms with E-state index in [4.69, 9.17) is 0 Å². The summed E-state index contributed by atoms with van der Waals surface area (Å²) >= 11 is 0. The highest BCUT2D eigenvalue weighted by molar-refractivity contribution is 5.82. The molecule has 3 aromatic rings. The van der Waals surface area contributed by atoms with Crippen molar-refractivity contribution in [3.8, 4) is 5.95 Å². The lowest BCUT2D eigenvalue weighted by molar-refractivity contribution is -0.127. The Morgan fingerprint density at radius 3 is 2.71 bits per heavy atom. The molecule has 1 unspecified atom stereocenters. The monoisotopic (exact) mass is 377 g/mol. The van der Waals surface area contributed by atoms with Gasteiger partial charge in [0.1, 0.15) is 12.4 Å². The molecular formula is C20H23N7O. The van der Waals surface area contributed by atoms with Crippen LogP contribution >= 0.6 is 0 Å². The van der Waals surface area contributed by atoms with E-state index in [0.717, 1.165) is 31.6 Å². The van der Waals surface area contributed by atoms with Gasteiger partial charge in [-0.25, -0.2) is 15.0 Å². The summed E-state index contributed by atoms with van der Waals surface area (Å²) in [5.41, 5.74) is 1.52. The summed E-state index contributed by atoms with van der Waals surface area (Å²) in [6.45, 7) is 2.15. The first-order valence-electron chi connectivity index (χ1n) is 9.54. The van der Waals surface area contributed by atoms with E-state index in [1.165, 1.54) is 6.42 Å². The molecule has 8 nitrogen and oxygen atoms in total. The van der Waals surface area contributed by atoms with Crippen molar-refractivity contribution in [2.45, 2.75) is 31.8 Å². The maximum atomic E-state index is 13.2. The molecule has 0 spiro atoms. The van der Waals surface area contributed by atoms with Crippen LogP contribution in [0.15, 0.2) is 55.4 Å². The van der Waals surface area contributed by atoms with Crippen LogP contribution in [0.1, 0.15) is 36.7 Å². The topological polar surface area (TPSA) is 88.8 Å². The standard InChI is InChI=1S/C20H23N7O/c28-19(24-14-16-6-2-3-8-22-16)18(26-11-4-1-5-12-26)17-7-9-23-20(25-17)27-13-10-21-15-27/h2-3,6-10,13,15,18H,1,4-5,11-12,14H2,(H,24,28). The van der Waals surface area contributed by atoms with Crippen molar-refractivity contribution in [3.63, 3.8) is 0 Å². The molecule has 4 rings (SSSR count).